The zero-order chi connectivity index (χ0) is 13.5. The average Bonchev–Trinajstić information content (AvgIpc) is 2.51. The highest BCUT2D eigenvalue weighted by Gasteiger charge is 2.19. The van der Waals surface area contributed by atoms with Gasteiger partial charge in [0.05, 0.1) is 5.92 Å². The Balaban J connectivity index is 2.30. The van der Waals surface area contributed by atoms with Crippen molar-refractivity contribution in [1.29, 1.82) is 0 Å². The van der Waals surface area contributed by atoms with Gasteiger partial charge in [-0.2, -0.15) is 0 Å². The highest BCUT2D eigenvalue weighted by molar-refractivity contribution is 5.69. The molecule has 0 spiro atoms. The zero-order valence-electron chi connectivity index (χ0n) is 11.9. The second kappa shape index (κ2) is 7.71. The molecule has 0 saturated carbocycles. The minimum absolute atomic E-state index is 0.265. The molecule has 5 heteroatoms. The highest BCUT2D eigenvalue weighted by atomic mass is 16.4. The van der Waals surface area contributed by atoms with E-state index < -0.39 is 5.97 Å². The van der Waals surface area contributed by atoms with E-state index in [9.17, 15) is 4.79 Å². The fourth-order valence-corrected chi connectivity index (χ4v) is 2.24. The summed E-state index contributed by atoms with van der Waals surface area (Å²) in [5.41, 5.74) is 0. The Bertz CT molecular complexity index is 259. The van der Waals surface area contributed by atoms with Crippen LogP contribution in [0.1, 0.15) is 13.3 Å². The molecule has 1 heterocycles. The number of nitrogens with zero attached hydrogens (tertiary/aromatic N) is 3. The second-order valence-corrected chi connectivity index (χ2v) is 5.54. The molecule has 5 nitrogen and oxygen atoms in total. The lowest BCUT2D eigenvalue weighted by atomic mass is 10.1. The van der Waals surface area contributed by atoms with Gasteiger partial charge in [-0.15, -0.1) is 0 Å². The molecule has 1 fully saturated rings. The quantitative estimate of drug-likeness (QED) is 0.740. The second-order valence-electron chi connectivity index (χ2n) is 5.54. The number of carboxylic acids is 1. The van der Waals surface area contributed by atoms with Crippen molar-refractivity contribution in [2.75, 3.05) is 59.9 Å². The van der Waals surface area contributed by atoms with Gasteiger partial charge >= 0.3 is 5.97 Å². The summed E-state index contributed by atoms with van der Waals surface area (Å²) in [6.07, 6.45) is 1.14. The Labute approximate surface area is 110 Å². The third-order valence-electron chi connectivity index (χ3n) is 3.50. The van der Waals surface area contributed by atoms with Gasteiger partial charge in [0.25, 0.3) is 0 Å². The summed E-state index contributed by atoms with van der Waals surface area (Å²) in [5.74, 6) is -0.956. The molecule has 1 rings (SSSR count). The minimum Gasteiger partial charge on any atom is -0.481 e. The van der Waals surface area contributed by atoms with E-state index in [1.165, 1.54) is 0 Å². The van der Waals surface area contributed by atoms with Gasteiger partial charge in [-0.3, -0.25) is 4.79 Å². The van der Waals surface area contributed by atoms with Crippen molar-refractivity contribution in [1.82, 2.24) is 14.7 Å². The van der Waals surface area contributed by atoms with Crippen LogP contribution in [0.5, 0.6) is 0 Å². The van der Waals surface area contributed by atoms with E-state index in [1.807, 2.05) is 0 Å². The molecule has 1 atom stereocenters. The molecule has 106 valence electrons. The van der Waals surface area contributed by atoms with E-state index in [1.54, 1.807) is 6.92 Å². The van der Waals surface area contributed by atoms with Gasteiger partial charge < -0.3 is 19.8 Å². The fourth-order valence-electron chi connectivity index (χ4n) is 2.24. The summed E-state index contributed by atoms with van der Waals surface area (Å²) < 4.78 is 0. The zero-order valence-corrected chi connectivity index (χ0v) is 11.9. The van der Waals surface area contributed by atoms with Crippen LogP contribution in [0.4, 0.5) is 0 Å². The van der Waals surface area contributed by atoms with E-state index in [0.29, 0.717) is 6.54 Å². The Morgan fingerprint density at radius 3 is 2.44 bits per heavy atom. The van der Waals surface area contributed by atoms with E-state index in [2.05, 4.69) is 28.8 Å². The van der Waals surface area contributed by atoms with Crippen LogP contribution in [0.15, 0.2) is 0 Å². The molecule has 0 aromatic rings. The summed E-state index contributed by atoms with van der Waals surface area (Å²) in [7, 11) is 4.19. The standard InChI is InChI=1S/C13H27N3O2/c1-12(13(17)18)11-16-6-4-5-15(9-10-16)8-7-14(2)3/h12H,4-11H2,1-3H3,(H,17,18). The lowest BCUT2D eigenvalue weighted by Gasteiger charge is -2.23. The molecule has 1 aliphatic heterocycles. The molecule has 0 aliphatic carbocycles. The molecule has 1 unspecified atom stereocenters. The maximum Gasteiger partial charge on any atom is 0.307 e. The summed E-state index contributed by atoms with van der Waals surface area (Å²) in [6, 6.07) is 0. The van der Waals surface area contributed by atoms with Gasteiger partial charge in [0, 0.05) is 32.7 Å². The predicted molar refractivity (Wildman–Crippen MR) is 72.9 cm³/mol. The molecular formula is C13H27N3O2. The predicted octanol–water partition coefficient (Wildman–Crippen LogP) is 0.276. The van der Waals surface area contributed by atoms with Gasteiger partial charge in [0.15, 0.2) is 0 Å². The van der Waals surface area contributed by atoms with E-state index in [-0.39, 0.29) is 5.92 Å². The molecule has 0 amide bonds. The van der Waals surface area contributed by atoms with Crippen LogP contribution in [-0.4, -0.2) is 85.7 Å². The number of carbonyl (C=O) groups is 1. The first-order valence-electron chi connectivity index (χ1n) is 6.81. The summed E-state index contributed by atoms with van der Waals surface area (Å²) in [4.78, 5) is 17.8. The Morgan fingerprint density at radius 1 is 1.22 bits per heavy atom. The molecule has 0 radical (unpaired) electrons. The maximum absolute atomic E-state index is 10.9. The van der Waals surface area contributed by atoms with Crippen LogP contribution >= 0.6 is 0 Å². The monoisotopic (exact) mass is 257 g/mol. The third-order valence-corrected chi connectivity index (χ3v) is 3.50. The molecular weight excluding hydrogens is 230 g/mol. The maximum atomic E-state index is 10.9. The minimum atomic E-state index is -0.691. The van der Waals surface area contributed by atoms with Crippen LogP contribution in [0, 0.1) is 5.92 Å². The number of hydrogen-bond donors (Lipinski definition) is 1. The number of carboxylic acid groups (broad SMARTS) is 1. The Hall–Kier alpha value is -0.650. The molecule has 0 aromatic carbocycles. The molecule has 0 aromatic heterocycles. The molecule has 18 heavy (non-hydrogen) atoms. The first-order valence-corrected chi connectivity index (χ1v) is 6.81. The Kier molecular flexibility index (Phi) is 6.60. The number of hydrogen-bond acceptors (Lipinski definition) is 4. The van der Waals surface area contributed by atoms with E-state index >= 15 is 0 Å². The van der Waals surface area contributed by atoms with Crippen LogP contribution in [-0.2, 0) is 4.79 Å². The van der Waals surface area contributed by atoms with Crippen molar-refractivity contribution in [2.24, 2.45) is 5.92 Å². The lowest BCUT2D eigenvalue weighted by Crippen LogP contribution is -2.37. The van der Waals surface area contributed by atoms with Gasteiger partial charge in [0.1, 0.15) is 0 Å². The lowest BCUT2D eigenvalue weighted by molar-refractivity contribution is -0.141. The number of likely N-dealkylation sites (N-methyl/N-ethyl adjacent to an activating group) is 1. The van der Waals surface area contributed by atoms with Crippen LogP contribution in [0.3, 0.4) is 0 Å². The van der Waals surface area contributed by atoms with Gasteiger partial charge in [-0.25, -0.2) is 0 Å². The van der Waals surface area contributed by atoms with Crippen molar-refractivity contribution < 1.29 is 9.90 Å². The van der Waals surface area contributed by atoms with Crippen molar-refractivity contribution >= 4 is 5.97 Å². The van der Waals surface area contributed by atoms with Gasteiger partial charge in [0.2, 0.25) is 0 Å². The smallest absolute Gasteiger partial charge is 0.307 e. The topological polar surface area (TPSA) is 47.0 Å². The van der Waals surface area contributed by atoms with Crippen LogP contribution < -0.4 is 0 Å². The average molecular weight is 257 g/mol. The van der Waals surface area contributed by atoms with Crippen LogP contribution in [0.25, 0.3) is 0 Å². The molecule has 1 saturated heterocycles. The number of rotatable bonds is 6. The molecule has 1 aliphatic rings. The van der Waals surface area contributed by atoms with Crippen molar-refractivity contribution in [3.63, 3.8) is 0 Å². The highest BCUT2D eigenvalue weighted by Crippen LogP contribution is 2.06. The van der Waals surface area contributed by atoms with Crippen molar-refractivity contribution in [3.8, 4) is 0 Å². The van der Waals surface area contributed by atoms with Crippen LogP contribution in [0.2, 0.25) is 0 Å². The third kappa shape index (κ3) is 5.80. The summed E-state index contributed by atoms with van der Waals surface area (Å²) in [6.45, 7) is 8.86. The van der Waals surface area contributed by atoms with E-state index in [4.69, 9.17) is 5.11 Å². The first kappa shape index (κ1) is 15.4. The van der Waals surface area contributed by atoms with Crippen molar-refractivity contribution in [3.05, 3.63) is 0 Å². The summed E-state index contributed by atoms with van der Waals surface area (Å²) in [5, 5.41) is 8.94. The largest absolute Gasteiger partial charge is 0.481 e. The van der Waals surface area contributed by atoms with Crippen molar-refractivity contribution in [2.45, 2.75) is 13.3 Å². The van der Waals surface area contributed by atoms with Gasteiger partial charge in [-0.05, 0) is 33.6 Å². The normalized spacial score (nSPS) is 20.9. The fraction of sp³-hybridized carbons (Fsp3) is 0.923. The van der Waals surface area contributed by atoms with Gasteiger partial charge in [-0.1, -0.05) is 6.92 Å². The SMILES string of the molecule is CC(CN1CCCN(CCN(C)C)CC1)C(=O)O. The summed E-state index contributed by atoms with van der Waals surface area (Å²) >= 11 is 0. The molecule has 0 bridgehead atoms. The van der Waals surface area contributed by atoms with E-state index in [0.717, 1.165) is 45.7 Å². The molecule has 1 N–H and O–H groups in total. The number of aliphatic carboxylic acids is 1. The Morgan fingerprint density at radius 2 is 1.83 bits per heavy atom. The first-order chi connectivity index (χ1) is 8.49.